The van der Waals surface area contributed by atoms with Gasteiger partial charge < -0.3 is 11.1 Å². The van der Waals surface area contributed by atoms with Gasteiger partial charge in [-0.3, -0.25) is 4.99 Å². The number of nitrogens with one attached hydrogen (secondary N) is 1. The van der Waals surface area contributed by atoms with E-state index >= 15 is 0 Å². The molecule has 0 atom stereocenters. The van der Waals surface area contributed by atoms with E-state index in [1.807, 2.05) is 0 Å². The highest BCUT2D eigenvalue weighted by molar-refractivity contribution is 5.79. The van der Waals surface area contributed by atoms with Crippen LogP contribution >= 0.6 is 0 Å². The SMILES string of the molecule is CC(C)N=C(N)NC1(C(F)(F)F)CC1. The number of halogens is 3. The molecule has 0 amide bonds. The van der Waals surface area contributed by atoms with Gasteiger partial charge in [0.25, 0.3) is 0 Å². The smallest absolute Gasteiger partial charge is 0.370 e. The van der Waals surface area contributed by atoms with Crippen LogP contribution in [-0.4, -0.2) is 23.7 Å². The first-order chi connectivity index (χ1) is 6.27. The molecule has 0 unspecified atom stereocenters. The number of nitrogens with zero attached hydrogens (tertiary/aromatic N) is 1. The summed E-state index contributed by atoms with van der Waals surface area (Å²) < 4.78 is 37.3. The second-order valence-corrected chi connectivity index (χ2v) is 3.81. The minimum Gasteiger partial charge on any atom is -0.370 e. The molecule has 0 radical (unpaired) electrons. The highest BCUT2D eigenvalue weighted by Crippen LogP contribution is 2.48. The molecule has 14 heavy (non-hydrogen) atoms. The molecule has 1 fully saturated rings. The van der Waals surface area contributed by atoms with Crippen LogP contribution in [0.25, 0.3) is 0 Å². The summed E-state index contributed by atoms with van der Waals surface area (Å²) in [6.45, 7) is 3.50. The van der Waals surface area contributed by atoms with Crippen LogP contribution in [0.2, 0.25) is 0 Å². The topological polar surface area (TPSA) is 50.4 Å². The minimum atomic E-state index is -4.25. The van der Waals surface area contributed by atoms with Crippen LogP contribution in [0.3, 0.4) is 0 Å². The molecule has 0 aromatic carbocycles. The van der Waals surface area contributed by atoms with Crippen LogP contribution in [0.4, 0.5) is 13.2 Å². The second kappa shape index (κ2) is 3.33. The molecule has 1 saturated carbocycles. The van der Waals surface area contributed by atoms with Gasteiger partial charge in [-0.05, 0) is 26.7 Å². The Kier molecular flexibility index (Phi) is 2.65. The maximum absolute atomic E-state index is 12.4. The van der Waals surface area contributed by atoms with Gasteiger partial charge in [0.2, 0.25) is 0 Å². The van der Waals surface area contributed by atoms with E-state index < -0.39 is 11.7 Å². The molecule has 82 valence electrons. The molecular formula is C8H14F3N3. The number of guanidine groups is 1. The average Bonchev–Trinajstić information content (AvgIpc) is 2.64. The van der Waals surface area contributed by atoms with Crippen LogP contribution in [0.5, 0.6) is 0 Å². The number of rotatable bonds is 2. The average molecular weight is 209 g/mol. The zero-order chi connectivity index (χ0) is 11.0. The molecule has 3 N–H and O–H groups in total. The normalized spacial score (nSPS) is 21.1. The molecule has 1 aliphatic carbocycles. The molecule has 0 aromatic heterocycles. The molecule has 0 spiro atoms. The van der Waals surface area contributed by atoms with Crippen molar-refractivity contribution in [3.8, 4) is 0 Å². The first-order valence-corrected chi connectivity index (χ1v) is 4.45. The summed E-state index contributed by atoms with van der Waals surface area (Å²) in [6, 6.07) is -0.105. The van der Waals surface area contributed by atoms with E-state index in [0.29, 0.717) is 0 Å². The van der Waals surface area contributed by atoms with Crippen molar-refractivity contribution in [3.63, 3.8) is 0 Å². The standard InChI is InChI=1S/C8H14F3N3/c1-5(2)13-6(12)14-7(3-4-7)8(9,10)11/h5H,3-4H2,1-2H3,(H3,12,13,14). The lowest BCUT2D eigenvalue weighted by atomic mass is 10.2. The number of aliphatic imine (C=N–C) groups is 1. The fourth-order valence-corrected chi connectivity index (χ4v) is 1.16. The van der Waals surface area contributed by atoms with E-state index in [4.69, 9.17) is 5.73 Å². The van der Waals surface area contributed by atoms with Gasteiger partial charge in [0.15, 0.2) is 5.96 Å². The van der Waals surface area contributed by atoms with Crippen molar-refractivity contribution in [3.05, 3.63) is 0 Å². The lowest BCUT2D eigenvalue weighted by Gasteiger charge is -2.21. The quantitative estimate of drug-likeness (QED) is 0.533. The Morgan fingerprint density at radius 3 is 2.21 bits per heavy atom. The third-order valence-corrected chi connectivity index (χ3v) is 2.06. The Balaban J connectivity index is 2.61. The molecule has 1 aliphatic rings. The predicted octanol–water partition coefficient (Wildman–Crippen LogP) is 1.39. The molecule has 1 rings (SSSR count). The molecule has 6 heteroatoms. The zero-order valence-corrected chi connectivity index (χ0v) is 8.15. The maximum Gasteiger partial charge on any atom is 0.411 e. The first kappa shape index (κ1) is 11.1. The van der Waals surface area contributed by atoms with Crippen molar-refractivity contribution in [2.45, 2.75) is 44.4 Å². The molecule has 0 aliphatic heterocycles. The summed E-state index contributed by atoms with van der Waals surface area (Å²) >= 11 is 0. The molecule has 0 aromatic rings. The van der Waals surface area contributed by atoms with Gasteiger partial charge in [-0.15, -0.1) is 0 Å². The maximum atomic E-state index is 12.4. The minimum absolute atomic E-state index is 0.0742. The summed E-state index contributed by atoms with van der Waals surface area (Å²) in [5.74, 6) is -0.130. The Bertz CT molecular complexity index is 241. The van der Waals surface area contributed by atoms with E-state index in [-0.39, 0.29) is 24.8 Å². The van der Waals surface area contributed by atoms with Crippen LogP contribution in [0, 0.1) is 0 Å². The number of hydrogen-bond acceptors (Lipinski definition) is 1. The Morgan fingerprint density at radius 1 is 1.43 bits per heavy atom. The van der Waals surface area contributed by atoms with E-state index in [2.05, 4.69) is 10.3 Å². The lowest BCUT2D eigenvalue weighted by molar-refractivity contribution is -0.161. The summed E-state index contributed by atoms with van der Waals surface area (Å²) in [6.07, 6.45) is -4.10. The van der Waals surface area contributed by atoms with Crippen molar-refractivity contribution in [2.75, 3.05) is 0 Å². The fraction of sp³-hybridized carbons (Fsp3) is 0.875. The van der Waals surface area contributed by atoms with Gasteiger partial charge in [0, 0.05) is 6.04 Å². The molecule has 0 saturated heterocycles. The van der Waals surface area contributed by atoms with Crippen molar-refractivity contribution >= 4 is 5.96 Å². The van der Waals surface area contributed by atoms with Crippen molar-refractivity contribution in [1.29, 1.82) is 0 Å². The monoisotopic (exact) mass is 209 g/mol. The largest absolute Gasteiger partial charge is 0.411 e. The van der Waals surface area contributed by atoms with E-state index in [0.717, 1.165) is 0 Å². The number of nitrogens with two attached hydrogens (primary N) is 1. The van der Waals surface area contributed by atoms with E-state index in [1.54, 1.807) is 13.8 Å². The molecule has 0 heterocycles. The Labute approximate surface area is 80.6 Å². The summed E-state index contributed by atoms with van der Waals surface area (Å²) in [7, 11) is 0. The third kappa shape index (κ3) is 2.30. The van der Waals surface area contributed by atoms with Crippen LogP contribution in [-0.2, 0) is 0 Å². The number of alkyl halides is 3. The van der Waals surface area contributed by atoms with Gasteiger partial charge in [0.05, 0.1) is 0 Å². The molecular weight excluding hydrogens is 195 g/mol. The second-order valence-electron chi connectivity index (χ2n) is 3.81. The lowest BCUT2D eigenvalue weighted by Crippen LogP contribution is -2.50. The van der Waals surface area contributed by atoms with Crippen LogP contribution < -0.4 is 11.1 Å². The summed E-state index contributed by atoms with van der Waals surface area (Å²) in [5.41, 5.74) is 3.53. The summed E-state index contributed by atoms with van der Waals surface area (Å²) in [4.78, 5) is 3.80. The first-order valence-electron chi connectivity index (χ1n) is 4.45. The highest BCUT2D eigenvalue weighted by Gasteiger charge is 2.63. The Hall–Kier alpha value is -0.940. The fourth-order valence-electron chi connectivity index (χ4n) is 1.16. The Morgan fingerprint density at radius 2 is 1.93 bits per heavy atom. The van der Waals surface area contributed by atoms with Crippen molar-refractivity contribution in [1.82, 2.24) is 5.32 Å². The van der Waals surface area contributed by atoms with Gasteiger partial charge in [-0.2, -0.15) is 13.2 Å². The van der Waals surface area contributed by atoms with Crippen LogP contribution in [0.15, 0.2) is 4.99 Å². The van der Waals surface area contributed by atoms with Gasteiger partial charge in [0.1, 0.15) is 5.54 Å². The zero-order valence-electron chi connectivity index (χ0n) is 8.15. The molecule has 3 nitrogen and oxygen atoms in total. The highest BCUT2D eigenvalue weighted by atomic mass is 19.4. The van der Waals surface area contributed by atoms with Crippen LogP contribution in [0.1, 0.15) is 26.7 Å². The van der Waals surface area contributed by atoms with Gasteiger partial charge >= 0.3 is 6.18 Å². The van der Waals surface area contributed by atoms with Crippen molar-refractivity contribution < 1.29 is 13.2 Å². The van der Waals surface area contributed by atoms with Gasteiger partial charge in [-0.1, -0.05) is 0 Å². The van der Waals surface area contributed by atoms with E-state index in [1.165, 1.54) is 0 Å². The predicted molar refractivity (Wildman–Crippen MR) is 47.9 cm³/mol. The number of hydrogen-bond donors (Lipinski definition) is 2. The summed E-state index contributed by atoms with van der Waals surface area (Å²) in [5, 5.41) is 2.24. The van der Waals surface area contributed by atoms with Crippen molar-refractivity contribution in [2.24, 2.45) is 10.7 Å². The van der Waals surface area contributed by atoms with E-state index in [9.17, 15) is 13.2 Å². The molecule has 0 bridgehead atoms. The third-order valence-electron chi connectivity index (χ3n) is 2.06. The van der Waals surface area contributed by atoms with Gasteiger partial charge in [-0.25, -0.2) is 0 Å².